The van der Waals surface area contributed by atoms with Crippen LogP contribution in [0.2, 0.25) is 0 Å². The molecular weight excluding hydrogens is 418 g/mol. The standard InChI is InChI=1S/C23H21NO6S/c1-24(18-8-4-3-5-9-18)31(27,28)22-11-7-6-10-20(22)23(26)30-16-21(25)17-12-14-19(29-2)15-13-17/h3-15H,16H2,1-2H3. The Hall–Kier alpha value is -3.65. The molecule has 3 aromatic carbocycles. The molecule has 0 radical (unpaired) electrons. The molecule has 31 heavy (non-hydrogen) atoms. The van der Waals surface area contributed by atoms with Crippen LogP contribution in [0.1, 0.15) is 20.7 Å². The van der Waals surface area contributed by atoms with Crippen LogP contribution in [0.3, 0.4) is 0 Å². The first-order valence-electron chi connectivity index (χ1n) is 9.32. The summed E-state index contributed by atoms with van der Waals surface area (Å²) in [6.07, 6.45) is 0. The van der Waals surface area contributed by atoms with E-state index in [2.05, 4.69) is 0 Å². The molecule has 0 aliphatic heterocycles. The number of Topliss-reactive ketones (excluding diaryl/α,β-unsaturated/α-hetero) is 1. The normalized spacial score (nSPS) is 10.9. The molecule has 8 heteroatoms. The predicted molar refractivity (Wildman–Crippen MR) is 116 cm³/mol. The Balaban J connectivity index is 1.79. The van der Waals surface area contributed by atoms with Gasteiger partial charge in [-0.15, -0.1) is 0 Å². The molecule has 7 nitrogen and oxygen atoms in total. The second-order valence-electron chi connectivity index (χ2n) is 6.53. The van der Waals surface area contributed by atoms with Crippen LogP contribution in [-0.4, -0.2) is 40.9 Å². The van der Waals surface area contributed by atoms with Crippen molar-refractivity contribution in [2.75, 3.05) is 25.1 Å². The van der Waals surface area contributed by atoms with Crippen LogP contribution < -0.4 is 9.04 Å². The summed E-state index contributed by atoms with van der Waals surface area (Å²) in [6, 6.07) is 20.6. The lowest BCUT2D eigenvalue weighted by Crippen LogP contribution is -2.28. The van der Waals surface area contributed by atoms with E-state index in [1.807, 2.05) is 0 Å². The third kappa shape index (κ3) is 4.92. The summed E-state index contributed by atoms with van der Waals surface area (Å²) in [5.74, 6) is -0.726. The van der Waals surface area contributed by atoms with Gasteiger partial charge >= 0.3 is 5.97 Å². The summed E-state index contributed by atoms with van der Waals surface area (Å²) in [5.41, 5.74) is 0.645. The molecule has 0 amide bonds. The first kappa shape index (κ1) is 22.0. The van der Waals surface area contributed by atoms with Gasteiger partial charge in [0.1, 0.15) is 10.6 Å². The molecule has 0 aromatic heterocycles. The second-order valence-corrected chi connectivity index (χ2v) is 8.47. The van der Waals surface area contributed by atoms with E-state index in [-0.39, 0.29) is 10.5 Å². The van der Waals surface area contributed by atoms with Crippen LogP contribution in [0.5, 0.6) is 5.75 Å². The number of hydrogen-bond donors (Lipinski definition) is 0. The summed E-state index contributed by atoms with van der Waals surface area (Å²) < 4.78 is 37.5. The van der Waals surface area contributed by atoms with Crippen LogP contribution in [0.15, 0.2) is 83.8 Å². The minimum Gasteiger partial charge on any atom is -0.497 e. The minimum atomic E-state index is -4.03. The zero-order valence-electron chi connectivity index (χ0n) is 17.0. The highest BCUT2D eigenvalue weighted by atomic mass is 32.2. The van der Waals surface area contributed by atoms with E-state index >= 15 is 0 Å². The number of benzene rings is 3. The van der Waals surface area contributed by atoms with Gasteiger partial charge in [0.15, 0.2) is 12.4 Å². The summed E-state index contributed by atoms with van der Waals surface area (Å²) in [6.45, 7) is -0.520. The monoisotopic (exact) mass is 439 g/mol. The number of carbonyl (C=O) groups is 2. The van der Waals surface area contributed by atoms with Crippen molar-refractivity contribution in [2.24, 2.45) is 0 Å². The van der Waals surface area contributed by atoms with Gasteiger partial charge in [-0.2, -0.15) is 0 Å². The van der Waals surface area contributed by atoms with Crippen molar-refractivity contribution in [1.29, 1.82) is 0 Å². The van der Waals surface area contributed by atoms with E-state index < -0.39 is 28.4 Å². The minimum absolute atomic E-state index is 0.146. The number of rotatable bonds is 8. The van der Waals surface area contributed by atoms with Crippen LogP contribution in [-0.2, 0) is 14.8 Å². The average molecular weight is 439 g/mol. The van der Waals surface area contributed by atoms with E-state index in [0.717, 1.165) is 4.31 Å². The molecule has 0 bridgehead atoms. The van der Waals surface area contributed by atoms with Gasteiger partial charge in [0.2, 0.25) is 0 Å². The Kier molecular flexibility index (Phi) is 6.71. The smallest absolute Gasteiger partial charge is 0.339 e. The summed E-state index contributed by atoms with van der Waals surface area (Å²) in [4.78, 5) is 24.7. The molecule has 160 valence electrons. The zero-order chi connectivity index (χ0) is 22.4. The largest absolute Gasteiger partial charge is 0.497 e. The first-order valence-corrected chi connectivity index (χ1v) is 10.8. The second kappa shape index (κ2) is 9.44. The van der Waals surface area contributed by atoms with E-state index in [4.69, 9.17) is 9.47 Å². The number of nitrogens with zero attached hydrogens (tertiary/aromatic N) is 1. The number of methoxy groups -OCH3 is 1. The summed E-state index contributed by atoms with van der Waals surface area (Å²) in [7, 11) is -1.12. The van der Waals surface area contributed by atoms with Gasteiger partial charge < -0.3 is 9.47 Å². The van der Waals surface area contributed by atoms with Crippen molar-refractivity contribution in [1.82, 2.24) is 0 Å². The number of ketones is 1. The van der Waals surface area contributed by atoms with Gasteiger partial charge in [-0.25, -0.2) is 13.2 Å². The molecule has 0 unspecified atom stereocenters. The predicted octanol–water partition coefficient (Wildman–Crippen LogP) is 3.56. The summed E-state index contributed by atoms with van der Waals surface area (Å²) >= 11 is 0. The number of hydrogen-bond acceptors (Lipinski definition) is 6. The van der Waals surface area contributed by atoms with E-state index in [9.17, 15) is 18.0 Å². The highest BCUT2D eigenvalue weighted by Gasteiger charge is 2.27. The van der Waals surface area contributed by atoms with Crippen molar-refractivity contribution >= 4 is 27.5 Å². The highest BCUT2D eigenvalue weighted by Crippen LogP contribution is 2.25. The van der Waals surface area contributed by atoms with E-state index in [1.54, 1.807) is 54.6 Å². The molecule has 0 fully saturated rings. The third-order valence-electron chi connectivity index (χ3n) is 4.61. The lowest BCUT2D eigenvalue weighted by Gasteiger charge is -2.20. The molecule has 3 aromatic rings. The quantitative estimate of drug-likeness (QED) is 0.394. The van der Waals surface area contributed by atoms with Crippen LogP contribution in [0.4, 0.5) is 5.69 Å². The molecule has 0 N–H and O–H groups in total. The molecule has 0 saturated heterocycles. The fourth-order valence-electron chi connectivity index (χ4n) is 2.85. The maximum absolute atomic E-state index is 13.1. The zero-order valence-corrected chi connectivity index (χ0v) is 17.8. The Morgan fingerprint density at radius 2 is 1.48 bits per heavy atom. The Labute approximate surface area is 180 Å². The molecular formula is C23H21NO6S. The van der Waals surface area contributed by atoms with Crippen LogP contribution >= 0.6 is 0 Å². The number of sulfonamides is 1. The lowest BCUT2D eigenvalue weighted by atomic mass is 10.1. The molecule has 0 heterocycles. The van der Waals surface area contributed by atoms with Gasteiger partial charge in [-0.1, -0.05) is 30.3 Å². The highest BCUT2D eigenvalue weighted by molar-refractivity contribution is 7.92. The van der Waals surface area contributed by atoms with Crippen molar-refractivity contribution < 1.29 is 27.5 Å². The molecule has 0 saturated carbocycles. The number of anilines is 1. The lowest BCUT2D eigenvalue weighted by molar-refractivity contribution is 0.0471. The number of esters is 1. The number of para-hydroxylation sites is 1. The average Bonchev–Trinajstić information content (AvgIpc) is 2.82. The van der Waals surface area contributed by atoms with Gasteiger partial charge in [-0.05, 0) is 48.5 Å². The maximum atomic E-state index is 13.1. The molecule has 0 spiro atoms. The Bertz CT molecular complexity index is 1170. The van der Waals surface area contributed by atoms with E-state index in [1.165, 1.54) is 38.4 Å². The van der Waals surface area contributed by atoms with Crippen LogP contribution in [0.25, 0.3) is 0 Å². The third-order valence-corrected chi connectivity index (χ3v) is 6.46. The molecule has 0 aliphatic rings. The van der Waals surface area contributed by atoms with Crippen LogP contribution in [0, 0.1) is 0 Å². The van der Waals surface area contributed by atoms with Gasteiger partial charge in [0, 0.05) is 12.6 Å². The topological polar surface area (TPSA) is 90.0 Å². The first-order chi connectivity index (χ1) is 14.8. The number of ether oxygens (including phenoxy) is 2. The molecule has 0 atom stereocenters. The van der Waals surface area contributed by atoms with Gasteiger partial charge in [0.05, 0.1) is 18.4 Å². The van der Waals surface area contributed by atoms with E-state index in [0.29, 0.717) is 17.0 Å². The van der Waals surface area contributed by atoms with Crippen molar-refractivity contribution in [3.63, 3.8) is 0 Å². The van der Waals surface area contributed by atoms with Crippen molar-refractivity contribution in [3.05, 3.63) is 90.0 Å². The SMILES string of the molecule is COc1ccc(C(=O)COC(=O)c2ccccc2S(=O)(=O)N(C)c2ccccc2)cc1. The number of carbonyl (C=O) groups excluding carboxylic acids is 2. The van der Waals surface area contributed by atoms with Gasteiger partial charge in [-0.3, -0.25) is 9.10 Å². The maximum Gasteiger partial charge on any atom is 0.339 e. The Morgan fingerprint density at radius 1 is 0.871 bits per heavy atom. The fraction of sp³-hybridized carbons (Fsp3) is 0.130. The Morgan fingerprint density at radius 3 is 2.13 bits per heavy atom. The fourth-order valence-corrected chi connectivity index (χ4v) is 4.23. The summed E-state index contributed by atoms with van der Waals surface area (Å²) in [5, 5.41) is 0. The molecule has 3 rings (SSSR count). The van der Waals surface area contributed by atoms with Crippen molar-refractivity contribution in [3.8, 4) is 5.75 Å². The van der Waals surface area contributed by atoms with Crippen molar-refractivity contribution in [2.45, 2.75) is 4.90 Å². The molecule has 0 aliphatic carbocycles. The van der Waals surface area contributed by atoms with Gasteiger partial charge in [0.25, 0.3) is 10.0 Å².